The van der Waals surface area contributed by atoms with Gasteiger partial charge in [-0.25, -0.2) is 19.9 Å². The van der Waals surface area contributed by atoms with Crippen LogP contribution in [0.3, 0.4) is 0 Å². The largest absolute Gasteiger partial charge is 0.321 e. The number of nitrogens with zero attached hydrogens (tertiary/aromatic N) is 4. The van der Waals surface area contributed by atoms with Crippen LogP contribution in [0.4, 0.5) is 5.69 Å². The first kappa shape index (κ1) is 16.9. The minimum atomic E-state index is -0.317. The van der Waals surface area contributed by atoms with Gasteiger partial charge in [0.2, 0.25) is 0 Å². The molecule has 0 aliphatic heterocycles. The van der Waals surface area contributed by atoms with Crippen LogP contribution >= 0.6 is 22.7 Å². The maximum atomic E-state index is 12.9. The third-order valence-electron chi connectivity index (χ3n) is 4.16. The highest BCUT2D eigenvalue weighted by Gasteiger charge is 2.19. The van der Waals surface area contributed by atoms with Crippen LogP contribution in [-0.4, -0.2) is 25.8 Å². The molecule has 0 atom stereocenters. The van der Waals surface area contributed by atoms with Crippen molar-refractivity contribution in [3.8, 4) is 10.7 Å². The van der Waals surface area contributed by atoms with Crippen molar-refractivity contribution < 1.29 is 4.79 Å². The number of aromatic nitrogens is 4. The SMILES string of the molecule is Cc1nc2ccc(NC(=O)c3nccnc3-c3nc4ccccc4s3)cc2s1. The zero-order valence-corrected chi connectivity index (χ0v) is 16.3. The fourth-order valence-electron chi connectivity index (χ4n) is 2.94. The maximum absolute atomic E-state index is 12.9. The molecule has 0 saturated heterocycles. The highest BCUT2D eigenvalue weighted by molar-refractivity contribution is 7.21. The molecule has 0 aliphatic carbocycles. The molecule has 2 aromatic carbocycles. The Kier molecular flexibility index (Phi) is 4.07. The predicted molar refractivity (Wildman–Crippen MR) is 113 cm³/mol. The summed E-state index contributed by atoms with van der Waals surface area (Å²) in [5.74, 6) is -0.317. The molecule has 1 amide bonds. The Hall–Kier alpha value is -3.23. The van der Waals surface area contributed by atoms with Gasteiger partial charge in [0, 0.05) is 18.1 Å². The Morgan fingerprint density at radius 3 is 2.64 bits per heavy atom. The number of nitrogens with one attached hydrogen (secondary N) is 1. The molecule has 3 aromatic heterocycles. The van der Waals surface area contributed by atoms with E-state index in [9.17, 15) is 4.79 Å². The zero-order valence-electron chi connectivity index (χ0n) is 14.7. The van der Waals surface area contributed by atoms with Crippen molar-refractivity contribution in [3.05, 3.63) is 65.6 Å². The van der Waals surface area contributed by atoms with Crippen molar-refractivity contribution in [3.63, 3.8) is 0 Å². The lowest BCUT2D eigenvalue weighted by molar-refractivity contribution is 0.102. The lowest BCUT2D eigenvalue weighted by Crippen LogP contribution is -2.15. The number of benzene rings is 2. The number of hydrogen-bond acceptors (Lipinski definition) is 7. The minimum absolute atomic E-state index is 0.252. The summed E-state index contributed by atoms with van der Waals surface area (Å²) in [4.78, 5) is 30.6. The van der Waals surface area contributed by atoms with Crippen LogP contribution in [-0.2, 0) is 0 Å². The van der Waals surface area contributed by atoms with Gasteiger partial charge in [0.25, 0.3) is 5.91 Å². The molecule has 5 rings (SSSR count). The van der Waals surface area contributed by atoms with Crippen molar-refractivity contribution >= 4 is 54.7 Å². The minimum Gasteiger partial charge on any atom is -0.321 e. The normalized spacial score (nSPS) is 11.2. The second-order valence-corrected chi connectivity index (χ2v) is 8.38. The van der Waals surface area contributed by atoms with Crippen LogP contribution in [0.1, 0.15) is 15.5 Å². The van der Waals surface area contributed by atoms with Gasteiger partial charge in [0.1, 0.15) is 10.7 Å². The topological polar surface area (TPSA) is 80.7 Å². The van der Waals surface area contributed by atoms with E-state index in [1.807, 2.05) is 49.4 Å². The van der Waals surface area contributed by atoms with E-state index in [0.717, 1.165) is 25.4 Å². The highest BCUT2D eigenvalue weighted by atomic mass is 32.1. The van der Waals surface area contributed by atoms with Crippen molar-refractivity contribution in [1.82, 2.24) is 19.9 Å². The smallest absolute Gasteiger partial charge is 0.276 e. The Bertz CT molecular complexity index is 1310. The number of thiazole rings is 2. The van der Waals surface area contributed by atoms with E-state index in [1.54, 1.807) is 17.5 Å². The van der Waals surface area contributed by atoms with E-state index in [0.29, 0.717) is 16.4 Å². The summed E-state index contributed by atoms with van der Waals surface area (Å²) in [5.41, 5.74) is 3.24. The molecule has 1 N–H and O–H groups in total. The highest BCUT2D eigenvalue weighted by Crippen LogP contribution is 2.30. The van der Waals surface area contributed by atoms with Crippen LogP contribution in [0.5, 0.6) is 0 Å². The molecule has 0 unspecified atom stereocenters. The summed E-state index contributed by atoms with van der Waals surface area (Å²) in [5, 5.41) is 4.58. The lowest BCUT2D eigenvalue weighted by atomic mass is 10.2. The van der Waals surface area contributed by atoms with Gasteiger partial charge in [-0.2, -0.15) is 0 Å². The molecular weight excluding hydrogens is 390 g/mol. The van der Waals surface area contributed by atoms with E-state index in [-0.39, 0.29) is 11.6 Å². The zero-order chi connectivity index (χ0) is 19.1. The molecule has 0 radical (unpaired) electrons. The molecule has 0 aliphatic rings. The number of amides is 1. The molecule has 0 fully saturated rings. The number of carbonyl (C=O) groups excluding carboxylic acids is 1. The molecule has 0 bridgehead atoms. The van der Waals surface area contributed by atoms with Gasteiger partial charge in [-0.05, 0) is 37.3 Å². The Morgan fingerprint density at radius 1 is 0.929 bits per heavy atom. The third kappa shape index (κ3) is 3.02. The molecule has 0 saturated carbocycles. The Labute approximate surface area is 168 Å². The number of anilines is 1. The first-order chi connectivity index (χ1) is 13.7. The summed E-state index contributed by atoms with van der Waals surface area (Å²) < 4.78 is 2.07. The maximum Gasteiger partial charge on any atom is 0.276 e. The van der Waals surface area contributed by atoms with E-state index >= 15 is 0 Å². The Balaban J connectivity index is 1.50. The van der Waals surface area contributed by atoms with Gasteiger partial charge in [-0.3, -0.25) is 4.79 Å². The standard InChI is InChI=1S/C20H13N5OS2/c1-11-23-14-7-6-12(10-16(14)27-11)24-19(26)17-18(22-9-8-21-17)20-25-13-4-2-3-5-15(13)28-20/h2-10H,1H3,(H,24,26). The summed E-state index contributed by atoms with van der Waals surface area (Å²) in [6.07, 6.45) is 3.09. The summed E-state index contributed by atoms with van der Waals surface area (Å²) >= 11 is 3.09. The van der Waals surface area contributed by atoms with Crippen LogP contribution in [0.2, 0.25) is 0 Å². The molecule has 28 heavy (non-hydrogen) atoms. The van der Waals surface area contributed by atoms with Crippen molar-refractivity contribution in [2.24, 2.45) is 0 Å². The van der Waals surface area contributed by atoms with E-state index in [4.69, 9.17) is 0 Å². The van der Waals surface area contributed by atoms with Crippen LogP contribution < -0.4 is 5.32 Å². The van der Waals surface area contributed by atoms with Crippen LogP contribution in [0.15, 0.2) is 54.9 Å². The average molecular weight is 403 g/mol. The number of fused-ring (bicyclic) bond motifs is 2. The third-order valence-corrected chi connectivity index (χ3v) is 6.14. The monoisotopic (exact) mass is 403 g/mol. The molecule has 6 nitrogen and oxygen atoms in total. The average Bonchev–Trinajstić information content (AvgIpc) is 3.30. The van der Waals surface area contributed by atoms with Crippen molar-refractivity contribution in [2.75, 3.05) is 5.32 Å². The molecule has 0 spiro atoms. The van der Waals surface area contributed by atoms with Gasteiger partial charge in [-0.15, -0.1) is 22.7 Å². The lowest BCUT2D eigenvalue weighted by Gasteiger charge is -2.07. The number of rotatable bonds is 3. The second-order valence-electron chi connectivity index (χ2n) is 6.11. The van der Waals surface area contributed by atoms with Crippen molar-refractivity contribution in [2.45, 2.75) is 6.92 Å². The quantitative estimate of drug-likeness (QED) is 0.462. The number of aryl methyl sites for hydroxylation is 1. The van der Waals surface area contributed by atoms with E-state index in [1.165, 1.54) is 17.5 Å². The molecule has 3 heterocycles. The fraction of sp³-hybridized carbons (Fsp3) is 0.0500. The van der Waals surface area contributed by atoms with Gasteiger partial charge >= 0.3 is 0 Å². The van der Waals surface area contributed by atoms with E-state index in [2.05, 4.69) is 25.3 Å². The molecular formula is C20H13N5OS2. The second kappa shape index (κ2) is 6.74. The number of para-hydroxylation sites is 1. The summed E-state index contributed by atoms with van der Waals surface area (Å²) in [6.45, 7) is 1.97. The predicted octanol–water partition coefficient (Wildman–Crippen LogP) is 4.92. The fourth-order valence-corrected chi connectivity index (χ4v) is 4.77. The molecule has 8 heteroatoms. The van der Waals surface area contributed by atoms with Gasteiger partial charge in [0.05, 0.1) is 25.4 Å². The van der Waals surface area contributed by atoms with Crippen LogP contribution in [0, 0.1) is 6.92 Å². The summed E-state index contributed by atoms with van der Waals surface area (Å²) in [7, 11) is 0. The van der Waals surface area contributed by atoms with Crippen molar-refractivity contribution in [1.29, 1.82) is 0 Å². The first-order valence-corrected chi connectivity index (χ1v) is 10.2. The summed E-state index contributed by atoms with van der Waals surface area (Å²) in [6, 6.07) is 13.5. The van der Waals surface area contributed by atoms with Gasteiger partial charge < -0.3 is 5.32 Å². The van der Waals surface area contributed by atoms with Gasteiger partial charge in [-0.1, -0.05) is 12.1 Å². The Morgan fingerprint density at radius 2 is 1.75 bits per heavy atom. The van der Waals surface area contributed by atoms with Crippen LogP contribution in [0.25, 0.3) is 31.1 Å². The number of hydrogen-bond donors (Lipinski definition) is 1. The number of carbonyl (C=O) groups is 1. The van der Waals surface area contributed by atoms with E-state index < -0.39 is 0 Å². The van der Waals surface area contributed by atoms with Gasteiger partial charge in [0.15, 0.2) is 5.69 Å². The first-order valence-electron chi connectivity index (χ1n) is 8.53. The molecule has 136 valence electrons. The molecule has 5 aromatic rings.